The van der Waals surface area contributed by atoms with Crippen molar-refractivity contribution < 1.29 is 14.5 Å². The van der Waals surface area contributed by atoms with E-state index in [0.29, 0.717) is 18.9 Å². The molecule has 0 atom stereocenters. The molecule has 0 N–H and O–H groups in total. The predicted molar refractivity (Wildman–Crippen MR) is 74.8 cm³/mol. The van der Waals surface area contributed by atoms with Crippen molar-refractivity contribution in [1.29, 1.82) is 0 Å². The zero-order valence-electron chi connectivity index (χ0n) is 12.3. The van der Waals surface area contributed by atoms with Crippen molar-refractivity contribution >= 4 is 11.8 Å². The lowest BCUT2D eigenvalue weighted by molar-refractivity contribution is -0.392. The van der Waals surface area contributed by atoms with Gasteiger partial charge in [-0.05, 0) is 30.9 Å². The molecule has 0 spiro atoms. The van der Waals surface area contributed by atoms with E-state index in [1.807, 2.05) is 0 Å². The summed E-state index contributed by atoms with van der Waals surface area (Å²) in [7, 11) is 1.41. The van der Waals surface area contributed by atoms with Crippen molar-refractivity contribution in [2.75, 3.05) is 26.7 Å². The second-order valence-electron chi connectivity index (χ2n) is 5.21. The molecule has 1 aromatic rings. The highest BCUT2D eigenvalue weighted by Gasteiger charge is 2.26. The van der Waals surface area contributed by atoms with Crippen LogP contribution in [0.2, 0.25) is 0 Å². The average molecular weight is 296 g/mol. The lowest BCUT2D eigenvalue weighted by Crippen LogP contribution is -2.38. The standard InChI is InChI=1S/C13H20N4O4/c1-10-14-9-12(17(19)20)16(10)8-7-15-5-3-11(4-6-15)13(18)21-2/h9,11H,3-8H2,1-2H3. The molecule has 2 rings (SSSR count). The van der Waals surface area contributed by atoms with Crippen molar-refractivity contribution in [2.45, 2.75) is 26.3 Å². The van der Waals surface area contributed by atoms with Gasteiger partial charge in [0, 0.05) is 13.5 Å². The van der Waals surface area contributed by atoms with Gasteiger partial charge in [-0.1, -0.05) is 0 Å². The van der Waals surface area contributed by atoms with Crippen LogP contribution in [0.1, 0.15) is 18.7 Å². The van der Waals surface area contributed by atoms with Crippen LogP contribution in [-0.4, -0.2) is 52.1 Å². The Balaban J connectivity index is 1.87. The van der Waals surface area contributed by atoms with E-state index in [4.69, 9.17) is 4.74 Å². The Morgan fingerprint density at radius 1 is 1.48 bits per heavy atom. The zero-order valence-corrected chi connectivity index (χ0v) is 12.3. The Bertz CT molecular complexity index is 520. The molecular formula is C13H20N4O4. The number of hydrogen-bond acceptors (Lipinski definition) is 6. The van der Waals surface area contributed by atoms with Crippen LogP contribution >= 0.6 is 0 Å². The van der Waals surface area contributed by atoms with E-state index in [1.54, 1.807) is 11.5 Å². The number of piperidine rings is 1. The van der Waals surface area contributed by atoms with E-state index in [0.717, 1.165) is 25.9 Å². The van der Waals surface area contributed by atoms with Crippen LogP contribution in [0, 0.1) is 23.0 Å². The summed E-state index contributed by atoms with van der Waals surface area (Å²) in [5.74, 6) is 0.509. The maximum atomic E-state index is 11.5. The van der Waals surface area contributed by atoms with Gasteiger partial charge in [-0.2, -0.15) is 0 Å². The molecule has 1 aliphatic rings. The summed E-state index contributed by atoms with van der Waals surface area (Å²) in [6, 6.07) is 0. The summed E-state index contributed by atoms with van der Waals surface area (Å²) < 4.78 is 6.37. The SMILES string of the molecule is COC(=O)C1CCN(CCn2c([N+](=O)[O-])cnc2C)CC1. The highest BCUT2D eigenvalue weighted by molar-refractivity contribution is 5.72. The maximum Gasteiger partial charge on any atom is 0.342 e. The predicted octanol–water partition coefficient (Wildman–Crippen LogP) is 0.985. The van der Waals surface area contributed by atoms with E-state index >= 15 is 0 Å². The molecule has 2 heterocycles. The number of aryl methyl sites for hydroxylation is 1. The Labute approximate surface area is 122 Å². The first kappa shape index (κ1) is 15.4. The normalized spacial score (nSPS) is 16.9. The minimum atomic E-state index is -0.413. The topological polar surface area (TPSA) is 90.5 Å². The summed E-state index contributed by atoms with van der Waals surface area (Å²) >= 11 is 0. The molecule has 0 saturated carbocycles. The van der Waals surface area contributed by atoms with E-state index in [1.165, 1.54) is 13.3 Å². The highest BCUT2D eigenvalue weighted by Crippen LogP contribution is 2.19. The van der Waals surface area contributed by atoms with Gasteiger partial charge in [-0.15, -0.1) is 0 Å². The van der Waals surface area contributed by atoms with Gasteiger partial charge in [-0.3, -0.25) is 9.69 Å². The quantitative estimate of drug-likeness (QED) is 0.457. The fourth-order valence-corrected chi connectivity index (χ4v) is 2.68. The van der Waals surface area contributed by atoms with Gasteiger partial charge in [0.2, 0.25) is 0 Å². The molecule has 0 unspecified atom stereocenters. The first-order valence-corrected chi connectivity index (χ1v) is 6.99. The largest absolute Gasteiger partial charge is 0.469 e. The Hall–Kier alpha value is -1.96. The number of carbonyl (C=O) groups excluding carboxylic acids is 1. The van der Waals surface area contributed by atoms with Crippen molar-refractivity contribution in [3.8, 4) is 0 Å². The lowest BCUT2D eigenvalue weighted by Gasteiger charge is -2.30. The fraction of sp³-hybridized carbons (Fsp3) is 0.692. The molecule has 1 saturated heterocycles. The van der Waals surface area contributed by atoms with Crippen molar-refractivity contribution in [1.82, 2.24) is 14.5 Å². The molecule has 0 aliphatic carbocycles. The summed E-state index contributed by atoms with van der Waals surface area (Å²) in [5, 5.41) is 10.9. The molecule has 0 radical (unpaired) electrons. The number of ether oxygens (including phenoxy) is 1. The third kappa shape index (κ3) is 3.57. The number of esters is 1. The Kier molecular flexibility index (Phi) is 4.89. The van der Waals surface area contributed by atoms with Crippen LogP contribution < -0.4 is 0 Å². The van der Waals surface area contributed by atoms with Gasteiger partial charge in [0.25, 0.3) is 0 Å². The summed E-state index contributed by atoms with van der Waals surface area (Å²) in [6.45, 7) is 4.62. The number of carbonyl (C=O) groups is 1. The van der Waals surface area contributed by atoms with Crippen LogP contribution in [0.5, 0.6) is 0 Å². The van der Waals surface area contributed by atoms with Crippen LogP contribution in [0.25, 0.3) is 0 Å². The van der Waals surface area contributed by atoms with Crippen LogP contribution in [0.15, 0.2) is 6.20 Å². The van der Waals surface area contributed by atoms with Gasteiger partial charge in [0.15, 0.2) is 5.82 Å². The second-order valence-corrected chi connectivity index (χ2v) is 5.21. The fourth-order valence-electron chi connectivity index (χ4n) is 2.68. The molecular weight excluding hydrogens is 276 g/mol. The number of nitrogens with zero attached hydrogens (tertiary/aromatic N) is 4. The van der Waals surface area contributed by atoms with Crippen LogP contribution in [0.4, 0.5) is 5.82 Å². The van der Waals surface area contributed by atoms with Gasteiger partial charge in [0.05, 0.1) is 13.0 Å². The lowest BCUT2D eigenvalue weighted by atomic mass is 9.97. The minimum absolute atomic E-state index is 0.0180. The molecule has 0 aromatic carbocycles. The average Bonchev–Trinajstić information content (AvgIpc) is 2.86. The van der Waals surface area contributed by atoms with Gasteiger partial charge in [0.1, 0.15) is 12.7 Å². The monoisotopic (exact) mass is 296 g/mol. The van der Waals surface area contributed by atoms with E-state index in [-0.39, 0.29) is 17.7 Å². The maximum absolute atomic E-state index is 11.5. The third-order valence-corrected chi connectivity index (χ3v) is 3.98. The van der Waals surface area contributed by atoms with Crippen LogP contribution in [0.3, 0.4) is 0 Å². The molecule has 0 amide bonds. The Morgan fingerprint density at radius 3 is 2.71 bits per heavy atom. The smallest absolute Gasteiger partial charge is 0.342 e. The molecule has 1 aliphatic heterocycles. The number of imidazole rings is 1. The molecule has 1 aromatic heterocycles. The van der Waals surface area contributed by atoms with E-state index in [2.05, 4.69) is 9.88 Å². The number of rotatable bonds is 5. The summed E-state index contributed by atoms with van der Waals surface area (Å²) in [6.07, 6.45) is 2.84. The van der Waals surface area contributed by atoms with Crippen molar-refractivity contribution in [3.05, 3.63) is 22.1 Å². The molecule has 21 heavy (non-hydrogen) atoms. The van der Waals surface area contributed by atoms with Crippen molar-refractivity contribution in [3.63, 3.8) is 0 Å². The molecule has 8 heteroatoms. The van der Waals surface area contributed by atoms with Gasteiger partial charge >= 0.3 is 11.8 Å². The van der Waals surface area contributed by atoms with Crippen molar-refractivity contribution in [2.24, 2.45) is 5.92 Å². The summed E-state index contributed by atoms with van der Waals surface area (Å²) in [4.78, 5) is 28.2. The molecule has 116 valence electrons. The van der Waals surface area contributed by atoms with Crippen LogP contribution in [-0.2, 0) is 16.1 Å². The molecule has 0 bridgehead atoms. The first-order valence-electron chi connectivity index (χ1n) is 6.99. The van der Waals surface area contributed by atoms with E-state index in [9.17, 15) is 14.9 Å². The summed E-state index contributed by atoms with van der Waals surface area (Å²) in [5.41, 5.74) is 0. The second kappa shape index (κ2) is 6.66. The highest BCUT2D eigenvalue weighted by atomic mass is 16.6. The number of methoxy groups -OCH3 is 1. The minimum Gasteiger partial charge on any atom is -0.469 e. The molecule has 1 fully saturated rings. The van der Waals surface area contributed by atoms with E-state index < -0.39 is 4.92 Å². The number of hydrogen-bond donors (Lipinski definition) is 0. The third-order valence-electron chi connectivity index (χ3n) is 3.98. The Morgan fingerprint density at radius 2 is 2.14 bits per heavy atom. The number of nitro groups is 1. The van der Waals surface area contributed by atoms with Gasteiger partial charge in [-0.25, -0.2) is 9.55 Å². The first-order chi connectivity index (χ1) is 10.0. The number of likely N-dealkylation sites (tertiary alicyclic amines) is 1. The number of aromatic nitrogens is 2. The molecule has 8 nitrogen and oxygen atoms in total. The zero-order chi connectivity index (χ0) is 15.4. The van der Waals surface area contributed by atoms with Gasteiger partial charge < -0.3 is 14.9 Å².